The molecule has 1 unspecified atom stereocenters. The van der Waals surface area contributed by atoms with Crippen LogP contribution in [0.1, 0.15) is 17.9 Å². The average Bonchev–Trinajstić information content (AvgIpc) is 3.64. The molecule has 0 spiro atoms. The molecule has 3 heterocycles. The fourth-order valence-corrected chi connectivity index (χ4v) is 5.49. The summed E-state index contributed by atoms with van der Waals surface area (Å²) in [6.45, 7) is 2.09. The number of para-hydroxylation sites is 1. The zero-order valence-corrected chi connectivity index (χ0v) is 24.2. The first-order valence-corrected chi connectivity index (χ1v) is 14.1. The molecule has 1 atom stereocenters. The van der Waals surface area contributed by atoms with Gasteiger partial charge in [0.2, 0.25) is 5.88 Å². The molecule has 1 aliphatic rings. The Labute approximate surface area is 247 Å². The quantitative estimate of drug-likeness (QED) is 0.218. The smallest absolute Gasteiger partial charge is 0.317 e. The van der Waals surface area contributed by atoms with E-state index in [0.29, 0.717) is 16.2 Å². The summed E-state index contributed by atoms with van der Waals surface area (Å²) in [6.07, 6.45) is 2.95. The third-order valence-corrected chi connectivity index (χ3v) is 7.61. The molecule has 0 radical (unpaired) electrons. The number of pyridine rings is 1. The molecule has 208 valence electrons. The van der Waals surface area contributed by atoms with E-state index in [0.717, 1.165) is 41.6 Å². The van der Waals surface area contributed by atoms with E-state index >= 15 is 0 Å². The predicted octanol–water partition coefficient (Wildman–Crippen LogP) is 6.88. The zero-order valence-electron chi connectivity index (χ0n) is 22.7. The van der Waals surface area contributed by atoms with E-state index in [1.165, 1.54) is 12.0 Å². The van der Waals surface area contributed by atoms with Gasteiger partial charge in [-0.25, -0.2) is 14.5 Å². The van der Waals surface area contributed by atoms with Crippen LogP contribution in [-0.2, 0) is 0 Å². The molecule has 9 heteroatoms. The van der Waals surface area contributed by atoms with E-state index < -0.39 is 6.03 Å². The standard InChI is InChI=1S/C16H13BrN4O.C16H18N2O/c17-13-14(11-7-3-1-4-8-11)20-21(15(13)19-16(18)22)12-9-5-2-6-10-12;1-19-16-15(8-5-10-17-16)18-11-9-14(12-18)13-6-3-2-4-7-13/h1-10H,(H3,18,19,22);2-8,10,14H,9,11-12H2,1H3. The van der Waals surface area contributed by atoms with Gasteiger partial charge in [-0.1, -0.05) is 78.9 Å². The van der Waals surface area contributed by atoms with Crippen LogP contribution in [0.4, 0.5) is 16.3 Å². The van der Waals surface area contributed by atoms with Crippen LogP contribution in [0.2, 0.25) is 0 Å². The van der Waals surface area contributed by atoms with Crippen LogP contribution in [0, 0.1) is 0 Å². The minimum absolute atomic E-state index is 0.498. The summed E-state index contributed by atoms with van der Waals surface area (Å²) >= 11 is 3.51. The first-order valence-electron chi connectivity index (χ1n) is 13.3. The number of primary amides is 1. The number of halogens is 1. The minimum Gasteiger partial charge on any atom is -0.480 e. The molecule has 8 nitrogen and oxygen atoms in total. The van der Waals surface area contributed by atoms with Crippen LogP contribution in [-0.4, -0.2) is 41.0 Å². The number of methoxy groups -OCH3 is 1. The third-order valence-electron chi connectivity index (χ3n) is 6.86. The number of aromatic nitrogens is 3. The van der Waals surface area contributed by atoms with Crippen LogP contribution in [0.3, 0.4) is 0 Å². The first-order chi connectivity index (χ1) is 20.0. The molecular weight excluding hydrogens is 580 g/mol. The lowest BCUT2D eigenvalue weighted by atomic mass is 9.99. The van der Waals surface area contributed by atoms with E-state index in [1.54, 1.807) is 18.0 Å². The summed E-state index contributed by atoms with van der Waals surface area (Å²) in [5.41, 5.74) is 10.3. The van der Waals surface area contributed by atoms with E-state index in [9.17, 15) is 4.79 Å². The number of ether oxygens (including phenoxy) is 1. The topological polar surface area (TPSA) is 98.3 Å². The van der Waals surface area contributed by atoms with E-state index in [-0.39, 0.29) is 0 Å². The number of carbonyl (C=O) groups excluding carboxylic acids is 1. The van der Waals surface area contributed by atoms with Crippen LogP contribution in [0.25, 0.3) is 16.9 Å². The Hall–Kier alpha value is -4.63. The molecule has 5 aromatic rings. The maximum atomic E-state index is 11.3. The molecule has 0 aliphatic carbocycles. The fraction of sp³-hybridized carbons (Fsp3) is 0.156. The van der Waals surface area contributed by atoms with Crippen molar-refractivity contribution in [2.24, 2.45) is 5.73 Å². The van der Waals surface area contributed by atoms with Gasteiger partial charge >= 0.3 is 6.03 Å². The molecule has 3 N–H and O–H groups in total. The molecule has 2 aromatic heterocycles. The molecule has 0 bridgehead atoms. The maximum absolute atomic E-state index is 11.3. The lowest BCUT2D eigenvalue weighted by Gasteiger charge is -2.20. The number of nitrogens with zero attached hydrogens (tertiary/aromatic N) is 4. The van der Waals surface area contributed by atoms with Crippen molar-refractivity contribution < 1.29 is 9.53 Å². The van der Waals surface area contributed by atoms with Crippen LogP contribution in [0.5, 0.6) is 5.88 Å². The Morgan fingerprint density at radius 2 is 1.61 bits per heavy atom. The molecule has 0 saturated carbocycles. The second-order valence-electron chi connectivity index (χ2n) is 9.49. The summed E-state index contributed by atoms with van der Waals surface area (Å²) in [4.78, 5) is 17.9. The number of rotatable bonds is 6. The average molecular weight is 612 g/mol. The van der Waals surface area contributed by atoms with Crippen molar-refractivity contribution in [3.05, 3.63) is 119 Å². The first kappa shape index (κ1) is 27.9. The second-order valence-corrected chi connectivity index (χ2v) is 10.3. The summed E-state index contributed by atoms with van der Waals surface area (Å²) < 4.78 is 7.68. The number of nitrogens with two attached hydrogens (primary N) is 1. The Morgan fingerprint density at radius 1 is 0.951 bits per heavy atom. The summed E-state index contributed by atoms with van der Waals surface area (Å²) in [5, 5.41) is 7.23. The van der Waals surface area contributed by atoms with Crippen molar-refractivity contribution in [3.63, 3.8) is 0 Å². The lowest BCUT2D eigenvalue weighted by Crippen LogP contribution is -2.21. The Balaban J connectivity index is 0.000000166. The molecule has 3 aromatic carbocycles. The van der Waals surface area contributed by atoms with Crippen molar-refractivity contribution in [2.75, 3.05) is 30.4 Å². The largest absolute Gasteiger partial charge is 0.480 e. The second kappa shape index (κ2) is 13.1. The molecule has 6 rings (SSSR count). The lowest BCUT2D eigenvalue weighted by molar-refractivity contribution is 0.259. The number of hydrogen-bond donors (Lipinski definition) is 2. The monoisotopic (exact) mass is 610 g/mol. The van der Waals surface area contributed by atoms with Crippen molar-refractivity contribution in [2.45, 2.75) is 12.3 Å². The Bertz CT molecular complexity index is 1580. The van der Waals surface area contributed by atoms with E-state index in [2.05, 4.69) is 72.6 Å². The summed E-state index contributed by atoms with van der Waals surface area (Å²) in [7, 11) is 1.68. The van der Waals surface area contributed by atoms with Gasteiger partial charge in [0, 0.05) is 30.8 Å². The highest BCUT2D eigenvalue weighted by atomic mass is 79.9. The van der Waals surface area contributed by atoms with Crippen LogP contribution >= 0.6 is 15.9 Å². The molecule has 41 heavy (non-hydrogen) atoms. The van der Waals surface area contributed by atoms with Gasteiger partial charge in [-0.05, 0) is 52.2 Å². The van der Waals surface area contributed by atoms with Crippen molar-refractivity contribution >= 4 is 33.5 Å². The highest BCUT2D eigenvalue weighted by Gasteiger charge is 2.26. The Kier molecular flexibility index (Phi) is 8.95. The number of hydrogen-bond acceptors (Lipinski definition) is 5. The third kappa shape index (κ3) is 6.58. The van der Waals surface area contributed by atoms with Gasteiger partial charge < -0.3 is 15.4 Å². The van der Waals surface area contributed by atoms with Crippen molar-refractivity contribution in [1.82, 2.24) is 14.8 Å². The molecule has 1 aliphatic heterocycles. The van der Waals surface area contributed by atoms with Gasteiger partial charge in [0.05, 0.1) is 23.0 Å². The normalized spacial score (nSPS) is 14.2. The van der Waals surface area contributed by atoms with E-state index in [4.69, 9.17) is 10.5 Å². The molecule has 1 saturated heterocycles. The SMILES string of the molecule is COc1ncccc1N1CCC(c2ccccc2)C1.NC(=O)Nc1c(Br)c(-c2ccccc2)nn1-c1ccccc1. The predicted molar refractivity (Wildman–Crippen MR) is 167 cm³/mol. The van der Waals surface area contributed by atoms with Crippen LogP contribution < -0.4 is 20.7 Å². The molecule has 1 fully saturated rings. The highest BCUT2D eigenvalue weighted by molar-refractivity contribution is 9.10. The zero-order chi connectivity index (χ0) is 28.6. The molecule has 2 amide bonds. The Morgan fingerprint density at radius 3 is 2.27 bits per heavy atom. The van der Waals surface area contributed by atoms with E-state index in [1.807, 2.05) is 66.7 Å². The minimum atomic E-state index is -0.641. The van der Waals surface area contributed by atoms with Gasteiger partial charge in [-0.15, -0.1) is 0 Å². The van der Waals surface area contributed by atoms with Crippen molar-refractivity contribution in [1.29, 1.82) is 0 Å². The molecular formula is C32H31BrN6O2. The summed E-state index contributed by atoms with van der Waals surface area (Å²) in [5.74, 6) is 1.82. The maximum Gasteiger partial charge on any atom is 0.317 e. The fourth-order valence-electron chi connectivity index (χ4n) is 4.92. The van der Waals surface area contributed by atoms with Gasteiger partial charge in [0.15, 0.2) is 5.82 Å². The number of urea groups is 1. The van der Waals surface area contributed by atoms with Gasteiger partial charge in [-0.3, -0.25) is 5.32 Å². The summed E-state index contributed by atoms with van der Waals surface area (Å²) in [6, 6.07) is 33.4. The number of amides is 2. The number of benzene rings is 3. The van der Waals surface area contributed by atoms with Crippen molar-refractivity contribution in [3.8, 4) is 22.8 Å². The number of nitrogens with one attached hydrogen (secondary N) is 1. The number of carbonyl (C=O) groups is 1. The highest BCUT2D eigenvalue weighted by Crippen LogP contribution is 2.36. The van der Waals surface area contributed by atoms with Crippen LogP contribution in [0.15, 0.2) is 114 Å². The van der Waals surface area contributed by atoms with Gasteiger partial charge in [0.25, 0.3) is 0 Å². The number of anilines is 2. The van der Waals surface area contributed by atoms with Gasteiger partial charge in [-0.2, -0.15) is 5.10 Å². The van der Waals surface area contributed by atoms with Gasteiger partial charge in [0.1, 0.15) is 5.69 Å².